The molecular formula is C13H15Br2NO3. The monoisotopic (exact) mass is 391 g/mol. The molecule has 6 heteroatoms. The van der Waals surface area contributed by atoms with Crippen LogP contribution in [-0.2, 0) is 4.74 Å². The lowest BCUT2D eigenvalue weighted by Crippen LogP contribution is -2.51. The summed E-state index contributed by atoms with van der Waals surface area (Å²) >= 11 is 6.69. The lowest BCUT2D eigenvalue weighted by atomic mass is 10.1. The molecule has 2 rings (SSSR count). The van der Waals surface area contributed by atoms with E-state index in [-0.39, 0.29) is 23.8 Å². The molecule has 1 N–H and O–H groups in total. The number of nitrogens with zero attached hydrogens (tertiary/aromatic N) is 1. The van der Waals surface area contributed by atoms with E-state index >= 15 is 0 Å². The van der Waals surface area contributed by atoms with Crippen LogP contribution in [0.15, 0.2) is 22.7 Å². The van der Waals surface area contributed by atoms with Crippen LogP contribution in [0.25, 0.3) is 0 Å². The number of aromatic hydroxyl groups is 1. The zero-order chi connectivity index (χ0) is 14.0. The maximum atomic E-state index is 12.5. The van der Waals surface area contributed by atoms with Gasteiger partial charge in [-0.3, -0.25) is 4.79 Å². The highest BCUT2D eigenvalue weighted by atomic mass is 79.9. The van der Waals surface area contributed by atoms with Crippen LogP contribution in [0, 0.1) is 0 Å². The van der Waals surface area contributed by atoms with Crippen molar-refractivity contribution in [3.63, 3.8) is 0 Å². The van der Waals surface area contributed by atoms with Crippen LogP contribution in [0.4, 0.5) is 0 Å². The predicted octanol–water partition coefficient (Wildman–Crippen LogP) is 2.78. The number of halogens is 2. The van der Waals surface area contributed by atoms with E-state index < -0.39 is 0 Å². The number of carbonyl (C=O) groups is 1. The fraction of sp³-hybridized carbons (Fsp3) is 0.462. The Bertz CT molecular complexity index is 481. The SMILES string of the molecule is CC1COC(CBr)CN1C(=O)c1cc(Br)ccc1O. The average Bonchev–Trinajstić information content (AvgIpc) is 2.41. The second kappa shape index (κ2) is 6.24. The molecule has 19 heavy (non-hydrogen) atoms. The molecule has 1 aromatic rings. The molecule has 0 saturated carbocycles. The van der Waals surface area contributed by atoms with Crippen LogP contribution >= 0.6 is 31.9 Å². The summed E-state index contributed by atoms with van der Waals surface area (Å²) in [5, 5.41) is 10.5. The van der Waals surface area contributed by atoms with Crippen LogP contribution in [0.2, 0.25) is 0 Å². The molecular weight excluding hydrogens is 378 g/mol. The first-order valence-corrected chi connectivity index (χ1v) is 7.91. The molecule has 0 radical (unpaired) electrons. The number of phenolic OH excluding ortho intramolecular Hbond substituents is 1. The first-order chi connectivity index (χ1) is 9.02. The predicted molar refractivity (Wildman–Crippen MR) is 79.8 cm³/mol. The third kappa shape index (κ3) is 3.30. The van der Waals surface area contributed by atoms with Gasteiger partial charge in [0.05, 0.1) is 24.3 Å². The van der Waals surface area contributed by atoms with Crippen molar-refractivity contribution in [2.75, 3.05) is 18.5 Å². The Morgan fingerprint density at radius 1 is 1.58 bits per heavy atom. The summed E-state index contributed by atoms with van der Waals surface area (Å²) in [5.41, 5.74) is 0.316. The third-order valence-electron chi connectivity index (χ3n) is 3.13. The largest absolute Gasteiger partial charge is 0.507 e. The summed E-state index contributed by atoms with van der Waals surface area (Å²) < 4.78 is 6.37. The van der Waals surface area contributed by atoms with E-state index in [1.807, 2.05) is 6.92 Å². The van der Waals surface area contributed by atoms with Crippen LogP contribution < -0.4 is 0 Å². The smallest absolute Gasteiger partial charge is 0.258 e. The number of amides is 1. The van der Waals surface area contributed by atoms with Gasteiger partial charge < -0.3 is 14.7 Å². The minimum Gasteiger partial charge on any atom is -0.507 e. The van der Waals surface area contributed by atoms with Crippen molar-refractivity contribution in [3.8, 4) is 5.75 Å². The highest BCUT2D eigenvalue weighted by molar-refractivity contribution is 9.10. The second-order valence-electron chi connectivity index (χ2n) is 4.58. The minimum absolute atomic E-state index is 0.00109. The van der Waals surface area contributed by atoms with Crippen molar-refractivity contribution in [1.29, 1.82) is 0 Å². The molecule has 1 saturated heterocycles. The fourth-order valence-corrected chi connectivity index (χ4v) is 2.78. The van der Waals surface area contributed by atoms with Crippen molar-refractivity contribution in [2.45, 2.75) is 19.1 Å². The van der Waals surface area contributed by atoms with Gasteiger partial charge in [0.2, 0.25) is 0 Å². The summed E-state index contributed by atoms with van der Waals surface area (Å²) in [6.45, 7) is 2.98. The number of rotatable bonds is 2. The second-order valence-corrected chi connectivity index (χ2v) is 6.14. The van der Waals surface area contributed by atoms with Gasteiger partial charge >= 0.3 is 0 Å². The van der Waals surface area contributed by atoms with Crippen LogP contribution in [0.1, 0.15) is 17.3 Å². The molecule has 1 amide bonds. The normalized spacial score (nSPS) is 23.4. The fourth-order valence-electron chi connectivity index (χ4n) is 2.03. The standard InChI is InChI=1S/C13H15Br2NO3/c1-8-7-19-10(5-14)6-16(8)13(18)11-4-9(15)2-3-12(11)17/h2-4,8,10,17H,5-7H2,1H3. The van der Waals surface area contributed by atoms with Gasteiger partial charge in [0, 0.05) is 16.3 Å². The van der Waals surface area contributed by atoms with Crippen molar-refractivity contribution in [1.82, 2.24) is 4.90 Å². The maximum Gasteiger partial charge on any atom is 0.258 e. The molecule has 104 valence electrons. The van der Waals surface area contributed by atoms with Gasteiger partial charge in [0.1, 0.15) is 5.75 Å². The van der Waals surface area contributed by atoms with Crippen LogP contribution in [-0.4, -0.2) is 46.5 Å². The third-order valence-corrected chi connectivity index (χ3v) is 4.34. The highest BCUT2D eigenvalue weighted by Crippen LogP contribution is 2.25. The number of phenols is 1. The molecule has 1 heterocycles. The molecule has 1 aliphatic rings. The van der Waals surface area contributed by atoms with E-state index in [0.29, 0.717) is 24.0 Å². The van der Waals surface area contributed by atoms with Crippen LogP contribution in [0.5, 0.6) is 5.75 Å². The van der Waals surface area contributed by atoms with Gasteiger partial charge in [0.25, 0.3) is 5.91 Å². The van der Waals surface area contributed by atoms with E-state index in [4.69, 9.17) is 4.74 Å². The number of carbonyl (C=O) groups excluding carboxylic acids is 1. The Morgan fingerprint density at radius 3 is 3.00 bits per heavy atom. The highest BCUT2D eigenvalue weighted by Gasteiger charge is 2.30. The Morgan fingerprint density at radius 2 is 2.32 bits per heavy atom. The Balaban J connectivity index is 2.24. The van der Waals surface area contributed by atoms with E-state index in [1.54, 1.807) is 17.0 Å². The number of hydrogen-bond acceptors (Lipinski definition) is 3. The molecule has 0 bridgehead atoms. The molecule has 1 aromatic carbocycles. The molecule has 1 fully saturated rings. The summed E-state index contributed by atoms with van der Waals surface area (Å²) in [4.78, 5) is 14.3. The summed E-state index contributed by atoms with van der Waals surface area (Å²) in [6, 6.07) is 4.87. The van der Waals surface area contributed by atoms with Gasteiger partial charge in [-0.15, -0.1) is 0 Å². The molecule has 0 spiro atoms. The van der Waals surface area contributed by atoms with Crippen molar-refractivity contribution < 1.29 is 14.6 Å². The van der Waals surface area contributed by atoms with Crippen molar-refractivity contribution >= 4 is 37.8 Å². The van der Waals surface area contributed by atoms with E-state index in [2.05, 4.69) is 31.9 Å². The van der Waals surface area contributed by atoms with Gasteiger partial charge in [-0.1, -0.05) is 31.9 Å². The van der Waals surface area contributed by atoms with Crippen molar-refractivity contribution in [3.05, 3.63) is 28.2 Å². The molecule has 4 nitrogen and oxygen atoms in total. The Hall–Kier alpha value is -0.590. The molecule has 1 aliphatic heterocycles. The maximum absolute atomic E-state index is 12.5. The number of benzene rings is 1. The van der Waals surface area contributed by atoms with Crippen molar-refractivity contribution in [2.24, 2.45) is 0 Å². The number of ether oxygens (including phenoxy) is 1. The van der Waals surface area contributed by atoms with Gasteiger partial charge in [-0.05, 0) is 25.1 Å². The number of hydrogen-bond donors (Lipinski definition) is 1. The van der Waals surface area contributed by atoms with Crippen LogP contribution in [0.3, 0.4) is 0 Å². The number of morpholine rings is 1. The Kier molecular flexibility index (Phi) is 4.86. The Labute approximate surface area is 129 Å². The average molecular weight is 393 g/mol. The van der Waals surface area contributed by atoms with Gasteiger partial charge in [-0.2, -0.15) is 0 Å². The zero-order valence-corrected chi connectivity index (χ0v) is 13.6. The summed E-state index contributed by atoms with van der Waals surface area (Å²) in [6.07, 6.45) is -0.00514. The topological polar surface area (TPSA) is 49.8 Å². The molecule has 0 aliphatic carbocycles. The summed E-state index contributed by atoms with van der Waals surface area (Å²) in [5.74, 6) is -0.164. The van der Waals surface area contributed by atoms with E-state index in [1.165, 1.54) is 6.07 Å². The lowest BCUT2D eigenvalue weighted by molar-refractivity contribution is -0.0362. The molecule has 0 aromatic heterocycles. The van der Waals surface area contributed by atoms with E-state index in [0.717, 1.165) is 4.47 Å². The molecule has 2 unspecified atom stereocenters. The van der Waals surface area contributed by atoms with Gasteiger partial charge in [0.15, 0.2) is 0 Å². The summed E-state index contributed by atoms with van der Waals surface area (Å²) in [7, 11) is 0. The zero-order valence-electron chi connectivity index (χ0n) is 10.5. The number of alkyl halides is 1. The minimum atomic E-state index is -0.166. The first kappa shape index (κ1) is 14.8. The van der Waals surface area contributed by atoms with E-state index in [9.17, 15) is 9.90 Å². The quantitative estimate of drug-likeness (QED) is 0.787. The lowest BCUT2D eigenvalue weighted by Gasteiger charge is -2.37. The van der Waals surface area contributed by atoms with Gasteiger partial charge in [-0.25, -0.2) is 0 Å². The first-order valence-electron chi connectivity index (χ1n) is 6.00. The molecule has 2 atom stereocenters.